The number of rotatable bonds is 5. The Morgan fingerprint density at radius 3 is 2.09 bits per heavy atom. The summed E-state index contributed by atoms with van der Waals surface area (Å²) in [6, 6.07) is 0. The van der Waals surface area contributed by atoms with Gasteiger partial charge >= 0.3 is 5.97 Å². The average molecular weight is 162 g/mol. The lowest BCUT2D eigenvalue weighted by Gasteiger charge is -2.09. The van der Waals surface area contributed by atoms with Crippen molar-refractivity contribution in [3.63, 3.8) is 0 Å². The third-order valence-corrected chi connectivity index (χ3v) is 1.02. The van der Waals surface area contributed by atoms with Gasteiger partial charge in [0.1, 0.15) is 6.42 Å². The molecule has 0 aromatic rings. The summed E-state index contributed by atoms with van der Waals surface area (Å²) in [5.74, 6) is -1.78. The third kappa shape index (κ3) is 3.69. The molecule has 64 valence electrons. The largest absolute Gasteiger partial charge is 0.481 e. The highest BCUT2D eigenvalue weighted by Gasteiger charge is 2.19. The number of hydrogen-bond donors (Lipinski definition) is 1. The molecular formula is C6H10O5. The molecule has 0 heterocycles. The SMILES string of the molecule is COC(OC)C(=O)CC(=O)O. The summed E-state index contributed by atoms with van der Waals surface area (Å²) in [5, 5.41) is 8.19. The molecule has 0 aliphatic rings. The Bertz CT molecular complexity index is 149. The molecule has 5 heteroatoms. The van der Waals surface area contributed by atoms with E-state index < -0.39 is 24.5 Å². The molecule has 0 rings (SSSR count). The summed E-state index contributed by atoms with van der Waals surface area (Å²) < 4.78 is 9.05. The minimum atomic E-state index is -1.19. The molecule has 0 aliphatic carbocycles. The van der Waals surface area contributed by atoms with E-state index in [1.54, 1.807) is 0 Å². The predicted molar refractivity (Wildman–Crippen MR) is 35.1 cm³/mol. The van der Waals surface area contributed by atoms with Crippen LogP contribution in [-0.2, 0) is 19.1 Å². The molecule has 0 amide bonds. The Kier molecular flexibility index (Phi) is 4.40. The molecular weight excluding hydrogens is 152 g/mol. The fourth-order valence-electron chi connectivity index (χ4n) is 0.591. The van der Waals surface area contributed by atoms with Crippen LogP contribution in [0.15, 0.2) is 0 Å². The first-order chi connectivity index (χ1) is 5.11. The van der Waals surface area contributed by atoms with Crippen molar-refractivity contribution in [3.05, 3.63) is 0 Å². The molecule has 0 spiro atoms. The van der Waals surface area contributed by atoms with E-state index in [9.17, 15) is 9.59 Å². The lowest BCUT2D eigenvalue weighted by atomic mass is 10.3. The Morgan fingerprint density at radius 2 is 1.82 bits per heavy atom. The Morgan fingerprint density at radius 1 is 1.36 bits per heavy atom. The van der Waals surface area contributed by atoms with Gasteiger partial charge in [0.25, 0.3) is 0 Å². The molecule has 0 bridgehead atoms. The average Bonchev–Trinajstić information content (AvgIpc) is 1.88. The minimum Gasteiger partial charge on any atom is -0.481 e. The number of ether oxygens (including phenoxy) is 2. The zero-order chi connectivity index (χ0) is 8.85. The van der Waals surface area contributed by atoms with Gasteiger partial charge in [-0.2, -0.15) is 0 Å². The first kappa shape index (κ1) is 10.1. The van der Waals surface area contributed by atoms with Crippen molar-refractivity contribution >= 4 is 11.8 Å². The van der Waals surface area contributed by atoms with Gasteiger partial charge in [-0.15, -0.1) is 0 Å². The summed E-state index contributed by atoms with van der Waals surface area (Å²) >= 11 is 0. The van der Waals surface area contributed by atoms with Crippen LogP contribution in [0.4, 0.5) is 0 Å². The summed E-state index contributed by atoms with van der Waals surface area (Å²) in [6.07, 6.45) is -1.64. The maximum absolute atomic E-state index is 10.8. The van der Waals surface area contributed by atoms with Crippen LogP contribution in [0.25, 0.3) is 0 Å². The Balaban J connectivity index is 3.89. The van der Waals surface area contributed by atoms with Crippen LogP contribution in [-0.4, -0.2) is 37.4 Å². The lowest BCUT2D eigenvalue weighted by Crippen LogP contribution is -2.26. The first-order valence-electron chi connectivity index (χ1n) is 2.92. The first-order valence-corrected chi connectivity index (χ1v) is 2.92. The molecule has 0 aliphatic heterocycles. The quantitative estimate of drug-likeness (QED) is 0.441. The number of carboxylic acid groups (broad SMARTS) is 1. The molecule has 0 unspecified atom stereocenters. The van der Waals surface area contributed by atoms with Gasteiger partial charge in [-0.3, -0.25) is 9.59 Å². The normalized spacial score (nSPS) is 10.1. The van der Waals surface area contributed by atoms with Gasteiger partial charge in [-0.25, -0.2) is 0 Å². The van der Waals surface area contributed by atoms with Crippen LogP contribution in [0.1, 0.15) is 6.42 Å². The zero-order valence-corrected chi connectivity index (χ0v) is 6.36. The van der Waals surface area contributed by atoms with Gasteiger partial charge in [-0.1, -0.05) is 0 Å². The second kappa shape index (κ2) is 4.81. The monoisotopic (exact) mass is 162 g/mol. The summed E-state index contributed by atoms with van der Waals surface area (Å²) in [5.41, 5.74) is 0. The number of methoxy groups -OCH3 is 2. The van der Waals surface area contributed by atoms with E-state index in [-0.39, 0.29) is 0 Å². The van der Waals surface area contributed by atoms with Crippen molar-refractivity contribution < 1.29 is 24.2 Å². The number of ketones is 1. The van der Waals surface area contributed by atoms with E-state index in [4.69, 9.17) is 5.11 Å². The molecule has 0 radical (unpaired) electrons. The highest BCUT2D eigenvalue weighted by Crippen LogP contribution is 1.96. The van der Waals surface area contributed by atoms with Crippen molar-refractivity contribution in [1.82, 2.24) is 0 Å². The molecule has 0 aromatic carbocycles. The fourth-order valence-corrected chi connectivity index (χ4v) is 0.591. The second-order valence-corrected chi connectivity index (χ2v) is 1.84. The second-order valence-electron chi connectivity index (χ2n) is 1.84. The van der Waals surface area contributed by atoms with E-state index in [0.29, 0.717) is 0 Å². The van der Waals surface area contributed by atoms with Crippen molar-refractivity contribution in [2.75, 3.05) is 14.2 Å². The van der Waals surface area contributed by atoms with Gasteiger partial charge in [0.2, 0.25) is 6.29 Å². The molecule has 0 fully saturated rings. The molecule has 5 nitrogen and oxygen atoms in total. The van der Waals surface area contributed by atoms with E-state index in [2.05, 4.69) is 9.47 Å². The minimum absolute atomic E-state index is 0.577. The molecule has 11 heavy (non-hydrogen) atoms. The van der Waals surface area contributed by atoms with Crippen LogP contribution in [0, 0.1) is 0 Å². The molecule has 0 saturated carbocycles. The standard InChI is InChI=1S/C6H10O5/c1-10-6(11-2)4(7)3-5(8)9/h6H,3H2,1-2H3,(H,8,9). The summed E-state index contributed by atoms with van der Waals surface area (Å²) in [7, 11) is 2.54. The van der Waals surface area contributed by atoms with Gasteiger partial charge in [-0.05, 0) is 0 Å². The summed E-state index contributed by atoms with van der Waals surface area (Å²) in [6.45, 7) is 0. The van der Waals surface area contributed by atoms with Crippen molar-refractivity contribution in [2.45, 2.75) is 12.7 Å². The van der Waals surface area contributed by atoms with Gasteiger partial charge in [0.15, 0.2) is 5.78 Å². The number of aliphatic carboxylic acids is 1. The van der Waals surface area contributed by atoms with Crippen LogP contribution < -0.4 is 0 Å². The molecule has 0 atom stereocenters. The lowest BCUT2D eigenvalue weighted by molar-refractivity contribution is -0.160. The smallest absolute Gasteiger partial charge is 0.311 e. The van der Waals surface area contributed by atoms with Crippen LogP contribution >= 0.6 is 0 Å². The fraction of sp³-hybridized carbons (Fsp3) is 0.667. The maximum Gasteiger partial charge on any atom is 0.311 e. The number of carboxylic acids is 1. The predicted octanol–water partition coefficient (Wildman–Crippen LogP) is -0.351. The van der Waals surface area contributed by atoms with Crippen molar-refractivity contribution in [2.24, 2.45) is 0 Å². The molecule has 1 N–H and O–H groups in total. The Hall–Kier alpha value is -0.940. The van der Waals surface area contributed by atoms with E-state index in [1.165, 1.54) is 14.2 Å². The zero-order valence-electron chi connectivity index (χ0n) is 6.36. The maximum atomic E-state index is 10.8. The van der Waals surface area contributed by atoms with Crippen LogP contribution in [0.3, 0.4) is 0 Å². The van der Waals surface area contributed by atoms with Gasteiger partial charge in [0, 0.05) is 14.2 Å². The van der Waals surface area contributed by atoms with E-state index >= 15 is 0 Å². The Labute approximate surface area is 63.9 Å². The third-order valence-electron chi connectivity index (χ3n) is 1.02. The van der Waals surface area contributed by atoms with Crippen LogP contribution in [0.2, 0.25) is 0 Å². The van der Waals surface area contributed by atoms with Crippen molar-refractivity contribution in [3.8, 4) is 0 Å². The van der Waals surface area contributed by atoms with Crippen LogP contribution in [0.5, 0.6) is 0 Å². The topological polar surface area (TPSA) is 72.8 Å². The van der Waals surface area contributed by atoms with Crippen molar-refractivity contribution in [1.29, 1.82) is 0 Å². The highest BCUT2D eigenvalue weighted by molar-refractivity contribution is 5.96. The highest BCUT2D eigenvalue weighted by atomic mass is 16.7. The number of carbonyl (C=O) groups is 2. The van der Waals surface area contributed by atoms with Gasteiger partial charge in [0.05, 0.1) is 0 Å². The van der Waals surface area contributed by atoms with E-state index in [0.717, 1.165) is 0 Å². The summed E-state index contributed by atoms with van der Waals surface area (Å²) in [4.78, 5) is 20.8. The molecule has 0 aromatic heterocycles. The molecule has 0 saturated heterocycles. The van der Waals surface area contributed by atoms with Gasteiger partial charge < -0.3 is 14.6 Å². The number of hydrogen-bond acceptors (Lipinski definition) is 4. The number of carbonyl (C=O) groups excluding carboxylic acids is 1. The van der Waals surface area contributed by atoms with E-state index in [1.807, 2.05) is 0 Å². The number of Topliss-reactive ketones (excluding diaryl/α,β-unsaturated/α-hetero) is 1.